The molecule has 2 aromatic carbocycles. The molecule has 1 unspecified atom stereocenters. The minimum atomic E-state index is -1.11. The van der Waals surface area contributed by atoms with Gasteiger partial charge in [0.25, 0.3) is 0 Å². The zero-order chi connectivity index (χ0) is 20.3. The van der Waals surface area contributed by atoms with E-state index in [1.165, 1.54) is 12.1 Å². The predicted octanol–water partition coefficient (Wildman–Crippen LogP) is 4.88. The normalized spacial score (nSPS) is 16.2. The topological polar surface area (TPSA) is 72.9 Å². The van der Waals surface area contributed by atoms with Gasteiger partial charge in [0.15, 0.2) is 5.75 Å². The molecule has 1 atom stereocenters. The number of nitrogens with zero attached hydrogens (tertiary/aromatic N) is 1. The van der Waals surface area contributed by atoms with Gasteiger partial charge in [0.1, 0.15) is 12.6 Å². The van der Waals surface area contributed by atoms with Gasteiger partial charge in [-0.1, -0.05) is 65.1 Å². The highest BCUT2D eigenvalue weighted by Crippen LogP contribution is 2.34. The van der Waals surface area contributed by atoms with Crippen LogP contribution in [0.15, 0.2) is 42.5 Å². The quantitative estimate of drug-likeness (QED) is 0.383. The number of carbonyl (C=O) groups is 3. The number of likely N-dealkylation sites (tertiary alicyclic amines) is 1. The van der Waals surface area contributed by atoms with Gasteiger partial charge in [0.2, 0.25) is 5.91 Å². The summed E-state index contributed by atoms with van der Waals surface area (Å²) in [6, 6.07) is 10.5. The number of ether oxygens (including phenoxy) is 2. The maximum Gasteiger partial charge on any atom is 0.417 e. The van der Waals surface area contributed by atoms with E-state index in [1.54, 1.807) is 24.3 Å². The molecular weight excluding hydrogens is 429 g/mol. The first-order chi connectivity index (χ1) is 13.4. The third-order valence-electron chi connectivity index (χ3n) is 4.07. The molecule has 146 valence electrons. The van der Waals surface area contributed by atoms with Crippen LogP contribution in [0.1, 0.15) is 18.4 Å². The van der Waals surface area contributed by atoms with Crippen LogP contribution in [0.5, 0.6) is 5.75 Å². The van der Waals surface area contributed by atoms with Crippen LogP contribution in [0, 0.1) is 0 Å². The van der Waals surface area contributed by atoms with Crippen LogP contribution in [0.3, 0.4) is 0 Å². The summed E-state index contributed by atoms with van der Waals surface area (Å²) >= 11 is 17.8. The molecule has 0 N–H and O–H groups in total. The lowest BCUT2D eigenvalue weighted by molar-refractivity contribution is -0.142. The van der Waals surface area contributed by atoms with E-state index >= 15 is 0 Å². The van der Waals surface area contributed by atoms with Gasteiger partial charge in [-0.15, -0.1) is 0 Å². The van der Waals surface area contributed by atoms with E-state index in [-0.39, 0.29) is 40.3 Å². The monoisotopic (exact) mass is 441 g/mol. The van der Waals surface area contributed by atoms with Gasteiger partial charge in [0.05, 0.1) is 15.1 Å². The van der Waals surface area contributed by atoms with Gasteiger partial charge in [-0.2, -0.15) is 0 Å². The summed E-state index contributed by atoms with van der Waals surface area (Å²) < 4.78 is 10.4. The Hall–Kier alpha value is -2.28. The molecule has 1 saturated heterocycles. The van der Waals surface area contributed by atoms with Crippen molar-refractivity contribution in [2.75, 3.05) is 0 Å². The maximum atomic E-state index is 12.5. The first-order valence-corrected chi connectivity index (χ1v) is 9.39. The second-order valence-corrected chi connectivity index (χ2v) is 7.20. The molecule has 0 bridgehead atoms. The highest BCUT2D eigenvalue weighted by atomic mass is 35.5. The SMILES string of the molecule is O=C(Oc1cc(Cl)c(Cl)cc1Cl)C1CCC(=O)N1C(=O)OCc1ccccc1. The van der Waals surface area contributed by atoms with Crippen LogP contribution in [-0.2, 0) is 20.9 Å². The number of benzene rings is 2. The summed E-state index contributed by atoms with van der Waals surface area (Å²) in [5.41, 5.74) is 0.754. The molecule has 1 aliphatic rings. The minimum absolute atomic E-state index is 0.0157. The van der Waals surface area contributed by atoms with Crippen LogP contribution >= 0.6 is 34.8 Å². The second-order valence-electron chi connectivity index (χ2n) is 5.98. The van der Waals surface area contributed by atoms with Crippen molar-refractivity contribution < 1.29 is 23.9 Å². The number of amides is 2. The lowest BCUT2D eigenvalue weighted by atomic mass is 10.2. The van der Waals surface area contributed by atoms with E-state index in [2.05, 4.69) is 0 Å². The van der Waals surface area contributed by atoms with Crippen LogP contribution < -0.4 is 4.74 Å². The Morgan fingerprint density at radius 1 is 1.04 bits per heavy atom. The molecule has 0 aromatic heterocycles. The standard InChI is InChI=1S/C19H14Cl3NO5/c20-12-8-14(22)16(9-13(12)21)28-18(25)15-6-7-17(24)23(15)19(26)27-10-11-4-2-1-3-5-11/h1-5,8-9,15H,6-7,10H2. The molecule has 0 spiro atoms. The molecule has 2 amide bonds. The van der Waals surface area contributed by atoms with Crippen LogP contribution in [0.4, 0.5) is 4.79 Å². The van der Waals surface area contributed by atoms with E-state index in [1.807, 2.05) is 6.07 Å². The van der Waals surface area contributed by atoms with Crippen molar-refractivity contribution in [1.29, 1.82) is 0 Å². The van der Waals surface area contributed by atoms with Gasteiger partial charge in [-0.3, -0.25) is 4.79 Å². The van der Waals surface area contributed by atoms with Gasteiger partial charge in [0, 0.05) is 12.5 Å². The summed E-state index contributed by atoms with van der Waals surface area (Å²) in [6.45, 7) is -0.0240. The van der Waals surface area contributed by atoms with Crippen LogP contribution in [0.2, 0.25) is 15.1 Å². The molecule has 0 saturated carbocycles. The van der Waals surface area contributed by atoms with Crippen molar-refractivity contribution in [2.45, 2.75) is 25.5 Å². The number of hydrogen-bond acceptors (Lipinski definition) is 5. The lowest BCUT2D eigenvalue weighted by Gasteiger charge is -2.21. The fourth-order valence-corrected chi connectivity index (χ4v) is 3.26. The summed E-state index contributed by atoms with van der Waals surface area (Å²) in [7, 11) is 0. The minimum Gasteiger partial charge on any atom is -0.444 e. The molecule has 9 heteroatoms. The maximum absolute atomic E-state index is 12.5. The van der Waals surface area contributed by atoms with E-state index < -0.39 is 24.0 Å². The van der Waals surface area contributed by atoms with E-state index in [0.29, 0.717) is 0 Å². The van der Waals surface area contributed by atoms with Crippen molar-refractivity contribution >= 4 is 52.8 Å². The van der Waals surface area contributed by atoms with Crippen molar-refractivity contribution in [1.82, 2.24) is 4.90 Å². The fourth-order valence-electron chi connectivity index (χ4n) is 2.68. The number of halogens is 3. The van der Waals surface area contributed by atoms with Crippen molar-refractivity contribution in [2.24, 2.45) is 0 Å². The fraction of sp³-hybridized carbons (Fsp3) is 0.211. The Kier molecular flexibility index (Phi) is 6.44. The predicted molar refractivity (Wildman–Crippen MR) is 104 cm³/mol. The van der Waals surface area contributed by atoms with E-state index in [0.717, 1.165) is 10.5 Å². The Bertz CT molecular complexity index is 919. The van der Waals surface area contributed by atoms with Crippen molar-refractivity contribution in [3.63, 3.8) is 0 Å². The highest BCUT2D eigenvalue weighted by Gasteiger charge is 2.42. The first kappa shape index (κ1) is 20.5. The van der Waals surface area contributed by atoms with Crippen LogP contribution in [-0.4, -0.2) is 28.9 Å². The van der Waals surface area contributed by atoms with Crippen LogP contribution in [0.25, 0.3) is 0 Å². The summed E-state index contributed by atoms with van der Waals surface area (Å²) in [4.78, 5) is 37.8. The zero-order valence-electron chi connectivity index (χ0n) is 14.4. The number of esters is 1. The summed E-state index contributed by atoms with van der Waals surface area (Å²) in [6.07, 6.45) is -0.764. The third kappa shape index (κ3) is 4.58. The van der Waals surface area contributed by atoms with Crippen molar-refractivity contribution in [3.8, 4) is 5.75 Å². The molecule has 1 heterocycles. The average molecular weight is 443 g/mol. The Morgan fingerprint density at radius 2 is 1.71 bits per heavy atom. The highest BCUT2D eigenvalue weighted by molar-refractivity contribution is 6.43. The molecule has 2 aromatic rings. The number of carbonyl (C=O) groups excluding carboxylic acids is 3. The average Bonchev–Trinajstić information content (AvgIpc) is 3.06. The van der Waals surface area contributed by atoms with E-state index in [9.17, 15) is 14.4 Å². The summed E-state index contributed by atoms with van der Waals surface area (Å²) in [5, 5.41) is 0.425. The molecule has 0 aliphatic carbocycles. The Morgan fingerprint density at radius 3 is 2.43 bits per heavy atom. The van der Waals surface area contributed by atoms with E-state index in [4.69, 9.17) is 44.3 Å². The van der Waals surface area contributed by atoms with Gasteiger partial charge in [-0.05, 0) is 18.1 Å². The number of hydrogen-bond donors (Lipinski definition) is 0. The Balaban J connectivity index is 1.70. The number of imide groups is 1. The molecule has 1 aliphatic heterocycles. The lowest BCUT2D eigenvalue weighted by Crippen LogP contribution is -2.44. The molecule has 0 radical (unpaired) electrons. The molecular formula is C19H14Cl3NO5. The zero-order valence-corrected chi connectivity index (χ0v) is 16.6. The Labute approximate surface area is 175 Å². The van der Waals surface area contributed by atoms with Gasteiger partial charge >= 0.3 is 12.1 Å². The largest absolute Gasteiger partial charge is 0.444 e. The number of rotatable bonds is 4. The van der Waals surface area contributed by atoms with Crippen molar-refractivity contribution in [3.05, 3.63) is 63.1 Å². The molecule has 6 nitrogen and oxygen atoms in total. The molecule has 1 fully saturated rings. The molecule has 28 heavy (non-hydrogen) atoms. The summed E-state index contributed by atoms with van der Waals surface area (Å²) in [5.74, 6) is -1.35. The third-order valence-corrected chi connectivity index (χ3v) is 5.09. The second kappa shape index (κ2) is 8.82. The smallest absolute Gasteiger partial charge is 0.417 e. The molecule has 3 rings (SSSR count). The van der Waals surface area contributed by atoms with Gasteiger partial charge in [-0.25, -0.2) is 14.5 Å². The van der Waals surface area contributed by atoms with Gasteiger partial charge < -0.3 is 9.47 Å². The first-order valence-electron chi connectivity index (χ1n) is 8.26.